The zero-order valence-corrected chi connectivity index (χ0v) is 23.8. The maximum Gasteiger partial charge on any atom is 0.251 e. The van der Waals surface area contributed by atoms with Gasteiger partial charge in [0.25, 0.3) is 5.91 Å². The second kappa shape index (κ2) is 19.7. The average molecular weight is 580 g/mol. The first-order chi connectivity index (χ1) is 14.6. The van der Waals surface area contributed by atoms with Crippen LogP contribution in [0.25, 0.3) is 0 Å². The van der Waals surface area contributed by atoms with E-state index < -0.39 is 0 Å². The number of allylic oxidation sites excluding steroid dienone is 1. The topological polar surface area (TPSA) is 62.3 Å². The van der Waals surface area contributed by atoms with Gasteiger partial charge in [-0.1, -0.05) is 73.7 Å². The number of amides is 2. The van der Waals surface area contributed by atoms with Crippen molar-refractivity contribution in [1.82, 2.24) is 15.2 Å². The van der Waals surface area contributed by atoms with Crippen molar-refractivity contribution in [2.45, 2.75) is 77.7 Å². The second-order valence-electron chi connectivity index (χ2n) is 6.88. The Balaban J connectivity index is 0. The second-order valence-corrected chi connectivity index (χ2v) is 10.4. The van der Waals surface area contributed by atoms with Gasteiger partial charge in [0.2, 0.25) is 5.91 Å². The Hall–Kier alpha value is -1.00. The van der Waals surface area contributed by atoms with E-state index >= 15 is 0 Å². The molecule has 0 aliphatic carbocycles. The number of nitrogens with one attached hydrogen (secondary N) is 1. The molecule has 1 aliphatic rings. The van der Waals surface area contributed by atoms with Gasteiger partial charge in [0, 0.05) is 35.3 Å². The van der Waals surface area contributed by atoms with Gasteiger partial charge in [-0.15, -0.1) is 0 Å². The Morgan fingerprint density at radius 2 is 1.77 bits per heavy atom. The first-order valence-electron chi connectivity index (χ1n) is 10.4. The van der Waals surface area contributed by atoms with Crippen molar-refractivity contribution in [3.8, 4) is 0 Å². The fraction of sp³-hybridized carbons (Fsp3) is 0.522. The highest BCUT2D eigenvalue weighted by molar-refractivity contribution is 14.1. The predicted molar refractivity (Wildman–Crippen MR) is 147 cm³/mol. The maximum absolute atomic E-state index is 11.0. The van der Waals surface area contributed by atoms with Gasteiger partial charge in [-0.05, 0) is 56.7 Å². The molecule has 1 N–H and O–H groups in total. The van der Waals surface area contributed by atoms with Gasteiger partial charge in [0.1, 0.15) is 5.03 Å². The Morgan fingerprint density at radius 3 is 2.06 bits per heavy atom. The number of hydrogen-bond acceptors (Lipinski definition) is 5. The first kappa shape index (κ1) is 32.2. The SMILES string of the molecule is C=C1C=CC(=O)N1C(C)C.CC.CC(C)NC(=O)CI.CC(C)SSc1ccccn1. The molecule has 2 amide bonds. The molecule has 1 aliphatic heterocycles. The van der Waals surface area contributed by atoms with Crippen LogP contribution in [-0.2, 0) is 9.59 Å². The Labute approximate surface area is 210 Å². The number of carbonyl (C=O) groups is 2. The minimum absolute atomic E-state index is 0.0417. The van der Waals surface area contributed by atoms with Crippen molar-refractivity contribution in [1.29, 1.82) is 0 Å². The standard InChI is InChI=1S/C8H11NO.C8H11NS2.C5H10INO.C2H6/c1-6(2)9-7(3)4-5-8(9)10;1-7(2)10-11-8-5-3-4-6-9-8;1-4(2)7-5(8)3-6;1-2/h4-6H,3H2,1-2H3;3-7H,1-2H3;4H,3H2,1-2H3,(H,7,8);1-2H3. The summed E-state index contributed by atoms with van der Waals surface area (Å²) in [5.41, 5.74) is 0.792. The minimum atomic E-state index is 0.0417. The van der Waals surface area contributed by atoms with Crippen LogP contribution in [0.5, 0.6) is 0 Å². The van der Waals surface area contributed by atoms with Crippen molar-refractivity contribution >= 4 is 56.0 Å². The molecule has 0 fully saturated rings. The third-order valence-corrected chi connectivity index (χ3v) is 6.56. The summed E-state index contributed by atoms with van der Waals surface area (Å²) in [5.74, 6) is 0.153. The lowest BCUT2D eigenvalue weighted by molar-refractivity contribution is -0.124. The normalized spacial score (nSPS) is 12.1. The molecule has 0 bridgehead atoms. The molecule has 1 aromatic heterocycles. The summed E-state index contributed by atoms with van der Waals surface area (Å²) in [7, 11) is 3.57. The van der Waals surface area contributed by atoms with Gasteiger partial charge in [-0.25, -0.2) is 4.98 Å². The molecular weight excluding hydrogens is 541 g/mol. The van der Waals surface area contributed by atoms with Gasteiger partial charge in [0.05, 0.1) is 4.43 Å². The molecule has 2 heterocycles. The lowest BCUT2D eigenvalue weighted by Gasteiger charge is -2.21. The summed E-state index contributed by atoms with van der Waals surface area (Å²) < 4.78 is 0.552. The summed E-state index contributed by atoms with van der Waals surface area (Å²) in [4.78, 5) is 27.4. The quantitative estimate of drug-likeness (QED) is 0.237. The molecule has 1 aromatic rings. The highest BCUT2D eigenvalue weighted by Gasteiger charge is 2.20. The molecule has 8 heteroatoms. The van der Waals surface area contributed by atoms with Crippen LogP contribution < -0.4 is 5.32 Å². The van der Waals surface area contributed by atoms with Crippen molar-refractivity contribution in [3.05, 3.63) is 48.8 Å². The average Bonchev–Trinajstić information content (AvgIpc) is 3.07. The van der Waals surface area contributed by atoms with E-state index in [4.69, 9.17) is 0 Å². The monoisotopic (exact) mass is 579 g/mol. The van der Waals surface area contributed by atoms with E-state index in [2.05, 4.69) is 30.7 Å². The molecule has 0 atom stereocenters. The number of rotatable bonds is 6. The summed E-state index contributed by atoms with van der Waals surface area (Å²) in [5, 5.41) is 4.49. The molecule has 2 rings (SSSR count). The summed E-state index contributed by atoms with van der Waals surface area (Å²) >= 11 is 2.03. The number of aromatic nitrogens is 1. The predicted octanol–water partition coefficient (Wildman–Crippen LogP) is 6.51. The highest BCUT2D eigenvalue weighted by Crippen LogP contribution is 2.32. The van der Waals surface area contributed by atoms with Gasteiger partial charge >= 0.3 is 0 Å². The Bertz CT molecular complexity index is 648. The number of hydrogen-bond donors (Lipinski definition) is 1. The third-order valence-electron chi connectivity index (χ3n) is 3.02. The smallest absolute Gasteiger partial charge is 0.251 e. The molecule has 0 aromatic carbocycles. The number of carbonyl (C=O) groups excluding carboxylic acids is 2. The van der Waals surface area contributed by atoms with Crippen molar-refractivity contribution in [3.63, 3.8) is 0 Å². The van der Waals surface area contributed by atoms with Crippen LogP contribution in [0, 0.1) is 0 Å². The third kappa shape index (κ3) is 17.3. The molecule has 176 valence electrons. The van der Waals surface area contributed by atoms with Crippen LogP contribution >= 0.6 is 44.2 Å². The van der Waals surface area contributed by atoms with Gasteiger partial charge in [-0.3, -0.25) is 9.59 Å². The van der Waals surface area contributed by atoms with E-state index in [1.807, 2.05) is 99.3 Å². The van der Waals surface area contributed by atoms with Gasteiger partial charge in [0.15, 0.2) is 0 Å². The Kier molecular flexibility index (Phi) is 20.4. The zero-order chi connectivity index (χ0) is 24.4. The first-order valence-corrected chi connectivity index (χ1v) is 14.1. The van der Waals surface area contributed by atoms with Crippen LogP contribution in [0.1, 0.15) is 55.4 Å². The fourth-order valence-corrected chi connectivity index (χ4v) is 3.88. The lowest BCUT2D eigenvalue weighted by Crippen LogP contribution is -2.30. The van der Waals surface area contributed by atoms with Crippen LogP contribution in [0.15, 0.2) is 53.8 Å². The van der Waals surface area contributed by atoms with E-state index in [1.165, 1.54) is 0 Å². The van der Waals surface area contributed by atoms with Crippen LogP contribution in [0.2, 0.25) is 0 Å². The fourth-order valence-electron chi connectivity index (χ4n) is 1.96. The number of alkyl halides is 1. The number of nitrogens with zero attached hydrogens (tertiary/aromatic N) is 2. The largest absolute Gasteiger partial charge is 0.353 e. The molecule has 5 nitrogen and oxygen atoms in total. The van der Waals surface area contributed by atoms with E-state index in [9.17, 15) is 9.59 Å². The van der Waals surface area contributed by atoms with Crippen molar-refractivity contribution in [2.75, 3.05) is 4.43 Å². The van der Waals surface area contributed by atoms with Crippen LogP contribution in [-0.4, -0.2) is 43.5 Å². The number of pyridine rings is 1. The molecule has 0 saturated carbocycles. The summed E-state index contributed by atoms with van der Waals surface area (Å²) in [6, 6.07) is 6.47. The summed E-state index contributed by atoms with van der Waals surface area (Å²) in [6.45, 7) is 19.9. The lowest BCUT2D eigenvalue weighted by atomic mass is 10.3. The van der Waals surface area contributed by atoms with E-state index in [0.29, 0.717) is 9.68 Å². The summed E-state index contributed by atoms with van der Waals surface area (Å²) in [6.07, 6.45) is 5.11. The molecule has 0 saturated heterocycles. The van der Waals surface area contributed by atoms with Crippen LogP contribution in [0.4, 0.5) is 0 Å². The minimum Gasteiger partial charge on any atom is -0.353 e. The van der Waals surface area contributed by atoms with E-state index in [-0.39, 0.29) is 23.9 Å². The maximum atomic E-state index is 11.0. The van der Waals surface area contributed by atoms with Crippen molar-refractivity contribution < 1.29 is 9.59 Å². The molecule has 31 heavy (non-hydrogen) atoms. The molecule has 0 spiro atoms. The van der Waals surface area contributed by atoms with Gasteiger partial charge < -0.3 is 10.2 Å². The molecule has 0 radical (unpaired) electrons. The zero-order valence-electron chi connectivity index (χ0n) is 20.0. The molecule has 0 unspecified atom stereocenters. The number of halogens is 1. The Morgan fingerprint density at radius 1 is 1.16 bits per heavy atom. The van der Waals surface area contributed by atoms with Crippen LogP contribution in [0.3, 0.4) is 0 Å². The van der Waals surface area contributed by atoms with E-state index in [1.54, 1.807) is 27.8 Å². The molecular formula is C23H38IN3O2S2. The van der Waals surface area contributed by atoms with Crippen molar-refractivity contribution in [2.24, 2.45) is 0 Å². The van der Waals surface area contributed by atoms with Gasteiger partial charge in [-0.2, -0.15) is 0 Å². The van der Waals surface area contributed by atoms with E-state index in [0.717, 1.165) is 10.7 Å². The highest BCUT2D eigenvalue weighted by atomic mass is 127.